The second kappa shape index (κ2) is 4.36. The largest absolute Gasteiger partial charge is 0.319 e. The molecule has 2 N–H and O–H groups in total. The van der Waals surface area contributed by atoms with E-state index in [1.54, 1.807) is 11.3 Å². The van der Waals surface area contributed by atoms with Crippen molar-refractivity contribution in [2.24, 2.45) is 5.73 Å². The van der Waals surface area contributed by atoms with Crippen LogP contribution in [0.15, 0.2) is 23.6 Å². The quantitative estimate of drug-likeness (QED) is 0.864. The number of aryl methyl sites for hydroxylation is 3. The van der Waals surface area contributed by atoms with Gasteiger partial charge in [-0.2, -0.15) is 0 Å². The Hall–Kier alpha value is -1.19. The molecule has 2 rings (SSSR count). The summed E-state index contributed by atoms with van der Waals surface area (Å²) in [5.74, 6) is 0. The summed E-state index contributed by atoms with van der Waals surface area (Å²) in [6.45, 7) is 6.19. The first-order valence-electron chi connectivity index (χ1n) is 5.32. The molecule has 0 saturated carbocycles. The van der Waals surface area contributed by atoms with Crippen molar-refractivity contribution >= 4 is 11.3 Å². The van der Waals surface area contributed by atoms with Crippen molar-refractivity contribution in [1.29, 1.82) is 0 Å². The van der Waals surface area contributed by atoms with Crippen molar-refractivity contribution in [2.75, 3.05) is 0 Å². The number of hydrogen-bond donors (Lipinski definition) is 1. The third-order valence-corrected chi connectivity index (χ3v) is 3.35. The number of benzene rings is 1. The topological polar surface area (TPSA) is 38.9 Å². The third kappa shape index (κ3) is 2.31. The van der Waals surface area contributed by atoms with Gasteiger partial charge in [-0.3, -0.25) is 0 Å². The fourth-order valence-electron chi connectivity index (χ4n) is 1.88. The van der Waals surface area contributed by atoms with Gasteiger partial charge >= 0.3 is 0 Å². The number of hydrogen-bond acceptors (Lipinski definition) is 3. The van der Waals surface area contributed by atoms with Crippen LogP contribution in [0.2, 0.25) is 0 Å². The minimum absolute atomic E-state index is 0.108. The lowest BCUT2D eigenvalue weighted by atomic mass is 10.0. The van der Waals surface area contributed by atoms with Crippen LogP contribution in [0.25, 0.3) is 0 Å². The first-order chi connectivity index (χ1) is 7.56. The predicted octanol–water partition coefficient (Wildman–Crippen LogP) is 3.12. The van der Waals surface area contributed by atoms with Crippen molar-refractivity contribution in [3.05, 3.63) is 51.0 Å². The Bertz CT molecular complexity index is 482. The molecule has 84 valence electrons. The molecule has 0 spiro atoms. The summed E-state index contributed by atoms with van der Waals surface area (Å²) in [6, 6.07) is 6.31. The molecule has 1 aromatic carbocycles. The second-order valence-electron chi connectivity index (χ2n) is 4.19. The molecule has 3 heteroatoms. The lowest BCUT2D eigenvalue weighted by molar-refractivity contribution is 0.832. The molecule has 1 atom stereocenters. The van der Waals surface area contributed by atoms with Crippen molar-refractivity contribution < 1.29 is 0 Å². The van der Waals surface area contributed by atoms with Gasteiger partial charge < -0.3 is 5.73 Å². The maximum Gasteiger partial charge on any atom is 0.0898 e. The average molecular weight is 232 g/mol. The molecule has 0 amide bonds. The molecule has 1 unspecified atom stereocenters. The average Bonchev–Trinajstić information content (AvgIpc) is 2.62. The molecule has 0 aliphatic heterocycles. The van der Waals surface area contributed by atoms with E-state index in [2.05, 4.69) is 37.0 Å². The van der Waals surface area contributed by atoms with Crippen LogP contribution in [0.4, 0.5) is 0 Å². The maximum absolute atomic E-state index is 6.21. The zero-order chi connectivity index (χ0) is 11.7. The second-order valence-corrected chi connectivity index (χ2v) is 5.25. The van der Waals surface area contributed by atoms with E-state index in [1.807, 2.05) is 12.3 Å². The van der Waals surface area contributed by atoms with Crippen molar-refractivity contribution in [3.63, 3.8) is 0 Å². The highest BCUT2D eigenvalue weighted by molar-refractivity contribution is 7.09. The number of nitrogens with two attached hydrogens (primary N) is 1. The summed E-state index contributed by atoms with van der Waals surface area (Å²) in [5, 5.41) is 3.10. The van der Waals surface area contributed by atoms with Gasteiger partial charge in [-0.05, 0) is 26.3 Å². The van der Waals surface area contributed by atoms with E-state index >= 15 is 0 Å². The SMILES string of the molecule is Cc1cc(C)cc(C(N)c2csc(C)n2)c1. The fourth-order valence-corrected chi connectivity index (χ4v) is 2.53. The molecule has 2 nitrogen and oxygen atoms in total. The van der Waals surface area contributed by atoms with E-state index in [0.29, 0.717) is 0 Å². The highest BCUT2D eigenvalue weighted by Gasteiger charge is 2.12. The van der Waals surface area contributed by atoms with Crippen molar-refractivity contribution in [3.8, 4) is 0 Å². The van der Waals surface area contributed by atoms with Crippen LogP contribution < -0.4 is 5.73 Å². The monoisotopic (exact) mass is 232 g/mol. The van der Waals surface area contributed by atoms with Gasteiger partial charge in [0.1, 0.15) is 0 Å². The first kappa shape index (κ1) is 11.3. The number of rotatable bonds is 2. The Balaban J connectivity index is 2.37. The normalized spacial score (nSPS) is 12.8. The number of aromatic nitrogens is 1. The summed E-state index contributed by atoms with van der Waals surface area (Å²) < 4.78 is 0. The Kier molecular flexibility index (Phi) is 3.08. The molecule has 0 aliphatic rings. The van der Waals surface area contributed by atoms with Crippen LogP contribution in [-0.4, -0.2) is 4.98 Å². The molecule has 0 radical (unpaired) electrons. The van der Waals surface area contributed by atoms with Gasteiger partial charge in [0, 0.05) is 5.38 Å². The van der Waals surface area contributed by atoms with E-state index < -0.39 is 0 Å². The van der Waals surface area contributed by atoms with Gasteiger partial charge in [-0.1, -0.05) is 29.3 Å². The van der Waals surface area contributed by atoms with Crippen LogP contribution in [0.5, 0.6) is 0 Å². The zero-order valence-electron chi connectivity index (χ0n) is 9.82. The molecule has 1 heterocycles. The summed E-state index contributed by atoms with van der Waals surface area (Å²) in [6.07, 6.45) is 0. The molecule has 0 bridgehead atoms. The van der Waals surface area contributed by atoms with E-state index in [1.165, 1.54) is 11.1 Å². The Morgan fingerprint density at radius 1 is 1.12 bits per heavy atom. The van der Waals surface area contributed by atoms with Crippen LogP contribution in [-0.2, 0) is 0 Å². The number of thiazole rings is 1. The Morgan fingerprint density at radius 3 is 2.25 bits per heavy atom. The highest BCUT2D eigenvalue weighted by atomic mass is 32.1. The van der Waals surface area contributed by atoms with Crippen LogP contribution in [0.3, 0.4) is 0 Å². The van der Waals surface area contributed by atoms with Gasteiger partial charge in [0.25, 0.3) is 0 Å². The van der Waals surface area contributed by atoms with Crippen molar-refractivity contribution in [1.82, 2.24) is 4.98 Å². The molecular weight excluding hydrogens is 216 g/mol. The van der Waals surface area contributed by atoms with E-state index in [-0.39, 0.29) is 6.04 Å². The smallest absolute Gasteiger partial charge is 0.0898 e. The van der Waals surface area contributed by atoms with E-state index in [9.17, 15) is 0 Å². The lowest BCUT2D eigenvalue weighted by Gasteiger charge is -2.11. The summed E-state index contributed by atoms with van der Waals surface area (Å²) in [7, 11) is 0. The minimum Gasteiger partial charge on any atom is -0.319 e. The zero-order valence-corrected chi connectivity index (χ0v) is 10.6. The van der Waals surface area contributed by atoms with Gasteiger partial charge in [-0.25, -0.2) is 4.98 Å². The molecule has 0 fully saturated rings. The first-order valence-corrected chi connectivity index (χ1v) is 6.20. The molecular formula is C13H16N2S. The molecule has 2 aromatic rings. The van der Waals surface area contributed by atoms with E-state index in [4.69, 9.17) is 5.73 Å². The van der Waals surface area contributed by atoms with Crippen molar-refractivity contribution in [2.45, 2.75) is 26.8 Å². The molecule has 0 saturated heterocycles. The molecule has 1 aromatic heterocycles. The van der Waals surface area contributed by atoms with Gasteiger partial charge in [0.15, 0.2) is 0 Å². The summed E-state index contributed by atoms with van der Waals surface area (Å²) in [5.41, 5.74) is 10.8. The van der Waals surface area contributed by atoms with Gasteiger partial charge in [-0.15, -0.1) is 11.3 Å². The van der Waals surface area contributed by atoms with Crippen LogP contribution in [0.1, 0.15) is 33.4 Å². The van der Waals surface area contributed by atoms with Gasteiger partial charge in [0.05, 0.1) is 16.7 Å². The standard InChI is InChI=1S/C13H16N2S/c1-8-4-9(2)6-11(5-8)13(14)12-7-16-10(3)15-12/h4-7,13H,14H2,1-3H3. The van der Waals surface area contributed by atoms with Gasteiger partial charge in [0.2, 0.25) is 0 Å². The molecule has 0 aliphatic carbocycles. The summed E-state index contributed by atoms with van der Waals surface area (Å²) in [4.78, 5) is 4.44. The fraction of sp³-hybridized carbons (Fsp3) is 0.308. The lowest BCUT2D eigenvalue weighted by Crippen LogP contribution is -2.12. The maximum atomic E-state index is 6.21. The third-order valence-electron chi connectivity index (χ3n) is 2.56. The number of nitrogens with zero attached hydrogens (tertiary/aromatic N) is 1. The van der Waals surface area contributed by atoms with Crippen LogP contribution in [0, 0.1) is 20.8 Å². The Labute approximate surface area is 100 Å². The minimum atomic E-state index is -0.108. The summed E-state index contributed by atoms with van der Waals surface area (Å²) >= 11 is 1.64. The molecule has 16 heavy (non-hydrogen) atoms. The Morgan fingerprint density at radius 2 is 1.75 bits per heavy atom. The highest BCUT2D eigenvalue weighted by Crippen LogP contribution is 2.22. The van der Waals surface area contributed by atoms with E-state index in [0.717, 1.165) is 16.3 Å². The predicted molar refractivity (Wildman–Crippen MR) is 68.8 cm³/mol. The van der Waals surface area contributed by atoms with Crippen LogP contribution >= 0.6 is 11.3 Å².